The Bertz CT molecular complexity index is 2450. The average molecular weight is 681 g/mol. The molecule has 9 aromatic rings. The van der Waals surface area contributed by atoms with Gasteiger partial charge in [-0.1, -0.05) is 86.6 Å². The molecule has 0 aliphatic heterocycles. The van der Waals surface area contributed by atoms with E-state index in [1.807, 2.05) is 59.9 Å². The minimum atomic E-state index is 0.513. The van der Waals surface area contributed by atoms with Crippen molar-refractivity contribution in [1.29, 1.82) is 0 Å². The van der Waals surface area contributed by atoms with Crippen molar-refractivity contribution in [2.75, 3.05) is 0 Å². The number of benzene rings is 6. The Balaban J connectivity index is 0.930. The fourth-order valence-electron chi connectivity index (χ4n) is 6.43. The first-order valence-corrected chi connectivity index (χ1v) is 18.0. The van der Waals surface area contributed by atoms with Crippen molar-refractivity contribution in [1.82, 2.24) is 20.4 Å². The molecule has 0 aliphatic carbocycles. The molecule has 51 heavy (non-hydrogen) atoms. The van der Waals surface area contributed by atoms with E-state index in [0.717, 1.165) is 46.2 Å². The van der Waals surface area contributed by atoms with E-state index in [0.29, 0.717) is 23.6 Å². The molecule has 0 bridgehead atoms. The summed E-state index contributed by atoms with van der Waals surface area (Å²) < 4.78 is 14.6. The normalized spacial score (nSPS) is 11.5. The number of hydrogen-bond donors (Lipinski definition) is 0. The minimum Gasteiger partial charge on any atom is -0.416 e. The summed E-state index contributed by atoms with van der Waals surface area (Å²) in [5.41, 5.74) is 10.8. The second-order valence-electron chi connectivity index (χ2n) is 12.6. The van der Waals surface area contributed by atoms with E-state index >= 15 is 0 Å². The van der Waals surface area contributed by atoms with Crippen LogP contribution in [0, 0.1) is 0 Å². The van der Waals surface area contributed by atoms with Crippen LogP contribution in [0.4, 0.5) is 0 Å². The van der Waals surface area contributed by atoms with Crippen LogP contribution in [-0.2, 0) is 12.8 Å². The molecule has 246 valence electrons. The van der Waals surface area contributed by atoms with E-state index in [-0.39, 0.29) is 0 Å². The molecule has 0 aliphatic rings. The lowest BCUT2D eigenvalue weighted by Gasteiger charge is -2.04. The highest BCUT2D eigenvalue weighted by Crippen LogP contribution is 2.39. The van der Waals surface area contributed by atoms with Crippen molar-refractivity contribution < 1.29 is 8.83 Å². The number of thiophene rings is 1. The molecular formula is C44H32N4O2S. The van der Waals surface area contributed by atoms with Crippen LogP contribution in [0.5, 0.6) is 0 Å². The van der Waals surface area contributed by atoms with E-state index in [1.54, 1.807) is 0 Å². The van der Waals surface area contributed by atoms with Crippen LogP contribution in [0.1, 0.15) is 25.0 Å². The Labute approximate surface area is 299 Å². The fourth-order valence-corrected chi connectivity index (χ4v) is 7.61. The maximum Gasteiger partial charge on any atom is 0.248 e. The van der Waals surface area contributed by atoms with Crippen molar-refractivity contribution in [3.8, 4) is 68.1 Å². The number of hydrogen-bond acceptors (Lipinski definition) is 7. The Morgan fingerprint density at radius 2 is 0.667 bits per heavy atom. The molecule has 3 aromatic heterocycles. The smallest absolute Gasteiger partial charge is 0.248 e. The molecule has 0 fully saturated rings. The molecule has 9 rings (SSSR count). The van der Waals surface area contributed by atoms with Crippen LogP contribution >= 0.6 is 11.3 Å². The molecule has 0 spiro atoms. The van der Waals surface area contributed by atoms with Gasteiger partial charge in [0, 0.05) is 42.4 Å². The number of aromatic nitrogens is 4. The van der Waals surface area contributed by atoms with Gasteiger partial charge in [0.25, 0.3) is 0 Å². The van der Waals surface area contributed by atoms with Crippen LogP contribution in [0.3, 0.4) is 0 Å². The summed E-state index contributed by atoms with van der Waals surface area (Å²) in [6, 6.07) is 46.6. The molecule has 3 heterocycles. The van der Waals surface area contributed by atoms with Crippen LogP contribution in [-0.4, -0.2) is 20.4 Å². The summed E-state index contributed by atoms with van der Waals surface area (Å²) >= 11 is 1.82. The third-order valence-corrected chi connectivity index (χ3v) is 10.6. The maximum absolute atomic E-state index is 6.03. The van der Waals surface area contributed by atoms with Crippen molar-refractivity contribution in [2.45, 2.75) is 26.7 Å². The summed E-state index contributed by atoms with van der Waals surface area (Å²) in [6.45, 7) is 4.28. The molecule has 0 radical (unpaired) electrons. The lowest BCUT2D eigenvalue weighted by molar-refractivity contribution is 0.584. The lowest BCUT2D eigenvalue weighted by Crippen LogP contribution is -1.81. The summed E-state index contributed by atoms with van der Waals surface area (Å²) in [6.07, 6.45) is 1.99. The summed E-state index contributed by atoms with van der Waals surface area (Å²) in [4.78, 5) is 0. The number of nitrogens with zero attached hydrogens (tertiary/aromatic N) is 4. The maximum atomic E-state index is 6.03. The van der Waals surface area contributed by atoms with Crippen molar-refractivity contribution in [2.24, 2.45) is 0 Å². The quantitative estimate of drug-likeness (QED) is 0.159. The van der Waals surface area contributed by atoms with Gasteiger partial charge in [-0.05, 0) is 107 Å². The number of aryl methyl sites for hydroxylation is 2. The molecule has 6 aromatic carbocycles. The Kier molecular flexibility index (Phi) is 7.82. The first kappa shape index (κ1) is 30.8. The molecule has 0 unspecified atom stereocenters. The summed E-state index contributed by atoms with van der Waals surface area (Å²) in [5.74, 6) is 2.08. The molecule has 0 amide bonds. The van der Waals surface area contributed by atoms with Gasteiger partial charge in [-0.3, -0.25) is 0 Å². The predicted octanol–water partition coefficient (Wildman–Crippen LogP) is 11.9. The molecule has 0 saturated heterocycles. The van der Waals surface area contributed by atoms with Crippen molar-refractivity contribution in [3.63, 3.8) is 0 Å². The summed E-state index contributed by atoms with van der Waals surface area (Å²) in [5, 5.41) is 19.7. The van der Waals surface area contributed by atoms with E-state index in [1.165, 1.54) is 42.4 Å². The number of rotatable bonds is 8. The molecule has 6 nitrogen and oxygen atoms in total. The van der Waals surface area contributed by atoms with Gasteiger partial charge in [0.1, 0.15) is 0 Å². The van der Waals surface area contributed by atoms with Gasteiger partial charge in [0.05, 0.1) is 0 Å². The largest absolute Gasteiger partial charge is 0.416 e. The zero-order valence-electron chi connectivity index (χ0n) is 28.1. The molecule has 0 N–H and O–H groups in total. The molecular weight excluding hydrogens is 649 g/mol. The van der Waals surface area contributed by atoms with E-state index in [9.17, 15) is 0 Å². The Hall–Kier alpha value is -6.18. The molecule has 0 atom stereocenters. The highest BCUT2D eigenvalue weighted by Gasteiger charge is 2.14. The monoisotopic (exact) mass is 680 g/mol. The first-order valence-electron chi connectivity index (χ1n) is 17.2. The minimum absolute atomic E-state index is 0.513. The van der Waals surface area contributed by atoms with Crippen LogP contribution < -0.4 is 0 Å². The standard InChI is InChI=1S/C44H32N4O2S/c1-3-27-5-9-31(10-6-27)41-45-47-43(49-41)33-17-13-29(14-18-33)35-21-23-37-38-24-22-36(26-40(38)51-39(37)25-35)30-15-19-34(20-16-30)44-48-46-42(50-44)32-11-7-28(4-2)8-12-32/h5-26H,3-4H2,1-2H3. The topological polar surface area (TPSA) is 77.8 Å². The fraction of sp³-hybridized carbons (Fsp3) is 0.0909. The van der Waals surface area contributed by atoms with E-state index in [4.69, 9.17) is 8.83 Å². The third kappa shape index (κ3) is 5.92. The van der Waals surface area contributed by atoms with Gasteiger partial charge >= 0.3 is 0 Å². The highest BCUT2D eigenvalue weighted by atomic mass is 32.1. The van der Waals surface area contributed by atoms with Gasteiger partial charge in [-0.15, -0.1) is 31.7 Å². The third-order valence-electron chi connectivity index (χ3n) is 9.47. The zero-order chi connectivity index (χ0) is 34.3. The highest BCUT2D eigenvalue weighted by molar-refractivity contribution is 7.25. The van der Waals surface area contributed by atoms with E-state index in [2.05, 4.69) is 119 Å². The van der Waals surface area contributed by atoms with Crippen molar-refractivity contribution >= 4 is 31.5 Å². The summed E-state index contributed by atoms with van der Waals surface area (Å²) in [7, 11) is 0. The van der Waals surface area contributed by atoms with Gasteiger partial charge in [0.15, 0.2) is 0 Å². The second-order valence-corrected chi connectivity index (χ2v) is 13.7. The van der Waals surface area contributed by atoms with Crippen molar-refractivity contribution in [3.05, 3.63) is 145 Å². The SMILES string of the molecule is CCc1ccc(-c2nnc(-c3ccc(-c4ccc5c(c4)sc4cc(-c6ccc(-c7nnc(-c8ccc(CC)cc8)o7)cc6)ccc45)cc3)o2)cc1. The first-order chi connectivity index (χ1) is 25.1. The molecule has 7 heteroatoms. The Morgan fingerprint density at radius 3 is 1.00 bits per heavy atom. The molecule has 0 saturated carbocycles. The number of fused-ring (bicyclic) bond motifs is 3. The Morgan fingerprint density at radius 1 is 0.373 bits per heavy atom. The van der Waals surface area contributed by atoms with Gasteiger partial charge < -0.3 is 8.83 Å². The van der Waals surface area contributed by atoms with Gasteiger partial charge in [-0.25, -0.2) is 0 Å². The lowest BCUT2D eigenvalue weighted by atomic mass is 10.0. The second kappa shape index (κ2) is 12.9. The van der Waals surface area contributed by atoms with Gasteiger partial charge in [-0.2, -0.15) is 0 Å². The van der Waals surface area contributed by atoms with Crippen LogP contribution in [0.2, 0.25) is 0 Å². The van der Waals surface area contributed by atoms with Gasteiger partial charge in [0.2, 0.25) is 23.6 Å². The predicted molar refractivity (Wildman–Crippen MR) is 206 cm³/mol. The van der Waals surface area contributed by atoms with Crippen LogP contribution in [0.15, 0.2) is 142 Å². The van der Waals surface area contributed by atoms with E-state index < -0.39 is 0 Å². The average Bonchev–Trinajstić information content (AvgIpc) is 3.97. The zero-order valence-corrected chi connectivity index (χ0v) is 28.9. The van der Waals surface area contributed by atoms with Crippen LogP contribution in [0.25, 0.3) is 88.2 Å².